The Morgan fingerprint density at radius 3 is 1.77 bits per heavy atom. The third-order valence-corrected chi connectivity index (χ3v) is 7.30. The first kappa shape index (κ1) is 24.9. The number of carbonyl (C=O) groups is 1. The van der Waals surface area contributed by atoms with Gasteiger partial charge in [0.1, 0.15) is 5.54 Å². The van der Waals surface area contributed by atoms with Crippen LogP contribution in [0.1, 0.15) is 55.4 Å². The molecule has 3 rings (SSSR count). The van der Waals surface area contributed by atoms with E-state index >= 15 is 0 Å². The molecule has 0 aromatic carbocycles. The molecule has 0 aromatic heterocycles. The molecule has 2 heterocycles. The molecule has 1 fully saturated rings. The summed E-state index contributed by atoms with van der Waals surface area (Å²) in [4.78, 5) is 12.6. The summed E-state index contributed by atoms with van der Waals surface area (Å²) < 4.78 is 0.688. The maximum Gasteiger partial charge on any atom is 1.00 e. The Morgan fingerprint density at radius 1 is 0.900 bits per heavy atom. The van der Waals surface area contributed by atoms with Crippen LogP contribution in [0.2, 0.25) is 0 Å². The van der Waals surface area contributed by atoms with Crippen LogP contribution in [-0.4, -0.2) is 58.9 Å². The van der Waals surface area contributed by atoms with Crippen LogP contribution in [0.15, 0.2) is 35.2 Å². The van der Waals surface area contributed by atoms with Crippen molar-refractivity contribution in [1.29, 1.82) is 0 Å². The van der Waals surface area contributed by atoms with Crippen molar-refractivity contribution in [3.63, 3.8) is 0 Å². The monoisotopic (exact) mass is 427 g/mol. The molecule has 160 valence electrons. The molecule has 1 aliphatic carbocycles. The molecule has 0 atom stereocenters. The summed E-state index contributed by atoms with van der Waals surface area (Å²) in [7, 11) is 0. The molecular formula is C20H28N4NaO5-. The Hall–Kier alpha value is -1.36. The van der Waals surface area contributed by atoms with Crippen molar-refractivity contribution in [2.45, 2.75) is 77.5 Å². The molecule has 30 heavy (non-hydrogen) atoms. The number of hydrogen-bond donors (Lipinski definition) is 1. The van der Waals surface area contributed by atoms with Gasteiger partial charge >= 0.3 is 35.4 Å². The molecule has 9 nitrogen and oxygen atoms in total. The van der Waals surface area contributed by atoms with E-state index in [1.165, 1.54) is 18.2 Å². The molecule has 0 radical (unpaired) electrons. The van der Waals surface area contributed by atoms with Crippen molar-refractivity contribution in [2.24, 2.45) is 0 Å². The Morgan fingerprint density at radius 2 is 1.37 bits per heavy atom. The molecule has 2 aliphatic heterocycles. The van der Waals surface area contributed by atoms with Crippen molar-refractivity contribution in [3.05, 3.63) is 50.8 Å². The SMILES string of the molecule is CC1(C)N([O-])C(=C2C=C(C3=[N+]([O-])C(C)(C)C(C)(C)N3O)C=CC2=O)N([O-])C1(C)C.[Na+]. The predicted octanol–water partition coefficient (Wildman–Crippen LogP) is -0.391. The second-order valence-electron chi connectivity index (χ2n) is 9.79. The van der Waals surface area contributed by atoms with Gasteiger partial charge in [0.15, 0.2) is 11.3 Å². The maximum atomic E-state index is 13.0. The topological polar surface area (TPSA) is 119 Å². The first-order valence-corrected chi connectivity index (χ1v) is 9.48. The van der Waals surface area contributed by atoms with Gasteiger partial charge in [-0.3, -0.25) is 9.53 Å². The normalized spacial score (nSPS) is 26.4. The molecule has 0 bridgehead atoms. The van der Waals surface area contributed by atoms with Gasteiger partial charge in [-0.05, 0) is 73.6 Å². The van der Waals surface area contributed by atoms with E-state index < -0.39 is 27.9 Å². The summed E-state index contributed by atoms with van der Waals surface area (Å²) in [6, 6.07) is 0. The Labute approximate surface area is 199 Å². The summed E-state index contributed by atoms with van der Waals surface area (Å²) in [6.07, 6.45) is 3.93. The fraction of sp³-hybridized carbons (Fsp3) is 0.600. The molecule has 0 unspecified atom stereocenters. The van der Waals surface area contributed by atoms with Crippen LogP contribution in [0.25, 0.3) is 0 Å². The van der Waals surface area contributed by atoms with Gasteiger partial charge in [0.05, 0.1) is 17.0 Å². The molecule has 0 amide bonds. The van der Waals surface area contributed by atoms with Crippen molar-refractivity contribution in [1.82, 2.24) is 15.2 Å². The summed E-state index contributed by atoms with van der Waals surface area (Å²) in [5.74, 6) is -0.864. The fourth-order valence-corrected chi connectivity index (χ4v) is 3.53. The van der Waals surface area contributed by atoms with Gasteiger partial charge in [-0.1, -0.05) is 0 Å². The minimum Gasteiger partial charge on any atom is -0.757 e. The average Bonchev–Trinajstić information content (AvgIpc) is 2.81. The zero-order valence-electron chi connectivity index (χ0n) is 19.1. The second-order valence-corrected chi connectivity index (χ2v) is 9.79. The number of allylic oxidation sites excluding steroid dienone is 3. The van der Waals surface area contributed by atoms with Crippen molar-refractivity contribution in [2.75, 3.05) is 0 Å². The van der Waals surface area contributed by atoms with Gasteiger partial charge < -0.3 is 25.7 Å². The molecule has 10 heteroatoms. The van der Waals surface area contributed by atoms with Gasteiger partial charge in [-0.25, -0.2) is 5.21 Å². The smallest absolute Gasteiger partial charge is 0.757 e. The van der Waals surface area contributed by atoms with Crippen LogP contribution in [-0.2, 0) is 4.79 Å². The van der Waals surface area contributed by atoms with Gasteiger partial charge in [-0.15, -0.1) is 5.06 Å². The second kappa shape index (κ2) is 7.08. The fourth-order valence-electron chi connectivity index (χ4n) is 3.53. The third-order valence-electron chi connectivity index (χ3n) is 7.30. The van der Waals surface area contributed by atoms with E-state index in [9.17, 15) is 25.6 Å². The van der Waals surface area contributed by atoms with Gasteiger partial charge in [-0.2, -0.15) is 0 Å². The quantitative estimate of drug-likeness (QED) is 0.260. The zero-order valence-corrected chi connectivity index (χ0v) is 21.1. The Kier molecular flexibility index (Phi) is 5.88. The van der Waals surface area contributed by atoms with Crippen molar-refractivity contribution >= 4 is 11.6 Å². The molecule has 3 aliphatic rings. The number of nitrogens with zero attached hydrogens (tertiary/aromatic N) is 4. The molecule has 0 saturated carbocycles. The van der Waals surface area contributed by atoms with E-state index in [-0.39, 0.29) is 52.4 Å². The number of hydroxylamine groups is 7. The van der Waals surface area contributed by atoms with Gasteiger partial charge in [0.25, 0.3) is 0 Å². The summed E-state index contributed by atoms with van der Waals surface area (Å²) in [5, 5.41) is 51.5. The van der Waals surface area contributed by atoms with E-state index in [4.69, 9.17) is 0 Å². The summed E-state index contributed by atoms with van der Waals surface area (Å²) >= 11 is 0. The molecule has 1 N–H and O–H groups in total. The Bertz CT molecular complexity index is 892. The number of rotatable bonds is 1. The van der Waals surface area contributed by atoms with Crippen LogP contribution < -0.4 is 29.6 Å². The number of ketones is 1. The first-order valence-electron chi connectivity index (χ1n) is 9.48. The van der Waals surface area contributed by atoms with E-state index in [2.05, 4.69) is 0 Å². The predicted molar refractivity (Wildman–Crippen MR) is 108 cm³/mol. The van der Waals surface area contributed by atoms with Crippen LogP contribution in [0.4, 0.5) is 0 Å². The van der Waals surface area contributed by atoms with Gasteiger partial charge in [0, 0.05) is 11.1 Å². The molecule has 0 aromatic rings. The molecule has 1 saturated heterocycles. The van der Waals surface area contributed by atoms with Gasteiger partial charge in [0.2, 0.25) is 0 Å². The number of amidine groups is 1. The maximum absolute atomic E-state index is 13.0. The third kappa shape index (κ3) is 2.91. The number of hydrogen-bond acceptors (Lipinski definition) is 8. The first-order chi connectivity index (χ1) is 13.0. The average molecular weight is 427 g/mol. The summed E-state index contributed by atoms with van der Waals surface area (Å²) in [5.41, 5.74) is -3.90. The van der Waals surface area contributed by atoms with E-state index in [0.29, 0.717) is 14.9 Å². The minimum atomic E-state index is -1.08. The number of carbonyl (C=O) groups excluding carboxylic acids is 1. The van der Waals surface area contributed by atoms with Crippen LogP contribution in [0.5, 0.6) is 0 Å². The largest absolute Gasteiger partial charge is 1.00 e. The zero-order chi connectivity index (χ0) is 22.3. The Balaban J connectivity index is 0.00000320. The van der Waals surface area contributed by atoms with E-state index in [1.54, 1.807) is 55.4 Å². The van der Waals surface area contributed by atoms with Crippen LogP contribution in [0, 0.1) is 15.6 Å². The molecular weight excluding hydrogens is 399 g/mol. The standard InChI is InChI=1S/C20H28N4O5.Na/c1-17(2)18(3,4)22(27)15(21(17)26)12-9-10-14(25)13(11-12)16-23(28)19(5,6)20(7,8)24(16)29;/h9-11,26H,1-8H3;/q-2;+1. The van der Waals surface area contributed by atoms with E-state index in [1.807, 2.05) is 0 Å². The van der Waals surface area contributed by atoms with Crippen molar-refractivity contribution < 1.29 is 44.3 Å². The van der Waals surface area contributed by atoms with Crippen LogP contribution >= 0.6 is 0 Å². The summed E-state index contributed by atoms with van der Waals surface area (Å²) in [6.45, 7) is 13.4. The van der Waals surface area contributed by atoms with E-state index in [0.717, 1.165) is 5.06 Å². The molecule has 0 spiro atoms. The minimum absolute atomic E-state index is 0. The van der Waals surface area contributed by atoms with Crippen LogP contribution in [0.3, 0.4) is 0 Å². The van der Waals surface area contributed by atoms with Crippen molar-refractivity contribution in [3.8, 4) is 0 Å².